The van der Waals surface area contributed by atoms with E-state index in [1.54, 1.807) is 0 Å². The zero-order valence-electron chi connectivity index (χ0n) is 11.6. The largest absolute Gasteiger partial charge is 0.345 e. The van der Waals surface area contributed by atoms with Gasteiger partial charge >= 0.3 is 0 Å². The molecule has 1 amide bonds. The number of rotatable bonds is 3. The van der Waals surface area contributed by atoms with Crippen LogP contribution in [0.5, 0.6) is 0 Å². The van der Waals surface area contributed by atoms with Crippen molar-refractivity contribution in [1.29, 1.82) is 0 Å². The average Bonchev–Trinajstić information content (AvgIpc) is 2.94. The molecule has 2 aliphatic rings. The first-order chi connectivity index (χ1) is 9.45. The van der Waals surface area contributed by atoms with Crippen LogP contribution in [-0.4, -0.2) is 47.4 Å². The highest BCUT2D eigenvalue weighted by atomic mass is 32.2. The van der Waals surface area contributed by atoms with Gasteiger partial charge in [0, 0.05) is 30.7 Å². The summed E-state index contributed by atoms with van der Waals surface area (Å²) in [6.45, 7) is 0.351. The lowest BCUT2D eigenvalue weighted by Crippen LogP contribution is -2.50. The van der Waals surface area contributed by atoms with Crippen molar-refractivity contribution in [3.63, 3.8) is 0 Å². The number of carbonyl (C=O) groups is 1. The lowest BCUT2D eigenvalue weighted by Gasteiger charge is -2.38. The molecule has 0 spiro atoms. The van der Waals surface area contributed by atoms with Gasteiger partial charge in [0.05, 0.1) is 5.25 Å². The molecule has 2 aliphatic heterocycles. The van der Waals surface area contributed by atoms with Crippen LogP contribution in [0.25, 0.3) is 0 Å². The second kappa shape index (κ2) is 4.91. The van der Waals surface area contributed by atoms with Crippen LogP contribution in [0.15, 0.2) is 24.5 Å². The van der Waals surface area contributed by atoms with Crippen LogP contribution in [0.3, 0.4) is 0 Å². The van der Waals surface area contributed by atoms with E-state index in [4.69, 9.17) is 0 Å². The van der Waals surface area contributed by atoms with Crippen molar-refractivity contribution in [2.75, 3.05) is 6.26 Å². The van der Waals surface area contributed by atoms with Gasteiger partial charge in [-0.05, 0) is 37.8 Å². The third-order valence-corrected chi connectivity index (χ3v) is 6.16. The van der Waals surface area contributed by atoms with Gasteiger partial charge in [0.25, 0.3) is 0 Å². The average molecular weight is 296 g/mol. The van der Waals surface area contributed by atoms with Gasteiger partial charge in [-0.2, -0.15) is 0 Å². The molecule has 2 bridgehead atoms. The third kappa shape index (κ3) is 2.49. The molecule has 0 aliphatic carbocycles. The Labute approximate surface area is 119 Å². The minimum absolute atomic E-state index is 0.108. The van der Waals surface area contributed by atoms with Gasteiger partial charge in [0.15, 0.2) is 0 Å². The van der Waals surface area contributed by atoms with E-state index in [-0.39, 0.29) is 23.2 Å². The van der Waals surface area contributed by atoms with Gasteiger partial charge in [-0.3, -0.25) is 4.79 Å². The molecule has 5 nitrogen and oxygen atoms in total. The summed E-state index contributed by atoms with van der Waals surface area (Å²) in [6, 6.07) is 4.02. The van der Waals surface area contributed by atoms with Crippen LogP contribution < -0.4 is 0 Å². The molecular formula is C14H20N2O3S. The number of hydrogen-bond acceptors (Lipinski definition) is 3. The Kier molecular flexibility index (Phi) is 3.36. The Morgan fingerprint density at radius 2 is 1.70 bits per heavy atom. The van der Waals surface area contributed by atoms with Crippen LogP contribution >= 0.6 is 0 Å². The van der Waals surface area contributed by atoms with E-state index in [0.717, 1.165) is 12.8 Å². The second-order valence-electron chi connectivity index (χ2n) is 5.96. The molecule has 2 fully saturated rings. The topological polar surface area (TPSA) is 59.4 Å². The lowest BCUT2D eigenvalue weighted by molar-refractivity contribution is -0.136. The van der Waals surface area contributed by atoms with Crippen molar-refractivity contribution in [2.24, 2.45) is 0 Å². The normalized spacial score (nSPS) is 29.6. The molecule has 2 saturated heterocycles. The van der Waals surface area contributed by atoms with E-state index in [1.165, 1.54) is 6.26 Å². The Balaban J connectivity index is 1.72. The fraction of sp³-hybridized carbons (Fsp3) is 0.643. The van der Waals surface area contributed by atoms with Crippen molar-refractivity contribution in [3.05, 3.63) is 24.5 Å². The summed E-state index contributed by atoms with van der Waals surface area (Å²) in [7, 11) is -2.99. The number of nitrogens with zero attached hydrogens (tertiary/aromatic N) is 2. The molecule has 0 saturated carbocycles. The Bertz CT molecular complexity index is 580. The van der Waals surface area contributed by atoms with Crippen LogP contribution in [0, 0.1) is 0 Å². The predicted molar refractivity (Wildman–Crippen MR) is 76.0 cm³/mol. The Morgan fingerprint density at radius 3 is 2.20 bits per heavy atom. The predicted octanol–water partition coefficient (Wildman–Crippen LogP) is 1.05. The van der Waals surface area contributed by atoms with Crippen LogP contribution in [0.2, 0.25) is 0 Å². The van der Waals surface area contributed by atoms with Crippen molar-refractivity contribution in [1.82, 2.24) is 9.47 Å². The van der Waals surface area contributed by atoms with Crippen LogP contribution in [0.1, 0.15) is 25.7 Å². The van der Waals surface area contributed by atoms with Gasteiger partial charge in [0.1, 0.15) is 16.4 Å². The van der Waals surface area contributed by atoms with Crippen LogP contribution in [0.4, 0.5) is 0 Å². The van der Waals surface area contributed by atoms with E-state index in [0.29, 0.717) is 19.4 Å². The zero-order chi connectivity index (χ0) is 14.3. The molecule has 1 aromatic heterocycles. The first-order valence-corrected chi connectivity index (χ1v) is 9.01. The van der Waals surface area contributed by atoms with E-state index in [9.17, 15) is 13.2 Å². The van der Waals surface area contributed by atoms with Gasteiger partial charge in [-0.25, -0.2) is 8.42 Å². The molecule has 6 heteroatoms. The maximum atomic E-state index is 12.4. The molecule has 3 heterocycles. The molecular weight excluding hydrogens is 276 g/mol. The van der Waals surface area contributed by atoms with Gasteiger partial charge < -0.3 is 9.47 Å². The van der Waals surface area contributed by atoms with E-state index in [1.807, 2.05) is 34.0 Å². The number of piperidine rings is 1. The number of sulfone groups is 1. The Morgan fingerprint density at radius 1 is 1.15 bits per heavy atom. The number of aromatic nitrogens is 1. The smallest absolute Gasteiger partial charge is 0.242 e. The lowest BCUT2D eigenvalue weighted by atomic mass is 10.0. The molecule has 0 radical (unpaired) electrons. The van der Waals surface area contributed by atoms with Crippen molar-refractivity contribution in [3.8, 4) is 0 Å². The summed E-state index contributed by atoms with van der Waals surface area (Å²) in [4.78, 5) is 14.4. The quantitative estimate of drug-likeness (QED) is 0.838. The van der Waals surface area contributed by atoms with Crippen molar-refractivity contribution in [2.45, 2.75) is 49.6 Å². The molecule has 3 rings (SSSR count). The second-order valence-corrected chi connectivity index (χ2v) is 8.29. The molecule has 1 unspecified atom stereocenters. The summed E-state index contributed by atoms with van der Waals surface area (Å²) in [6.07, 6.45) is 8.15. The standard InChI is InChI=1S/C14H20N2O3S/c1-20(18,19)13-8-11-4-5-12(9-13)16(11)14(17)10-15-6-2-3-7-15/h2-3,6-7,11-13H,4-5,8-10H2,1H3/t11-,12+,13?. The van der Waals surface area contributed by atoms with E-state index < -0.39 is 9.84 Å². The van der Waals surface area contributed by atoms with Gasteiger partial charge in [-0.15, -0.1) is 0 Å². The van der Waals surface area contributed by atoms with Gasteiger partial charge in [0.2, 0.25) is 5.91 Å². The summed E-state index contributed by atoms with van der Waals surface area (Å²) >= 11 is 0. The maximum absolute atomic E-state index is 12.4. The minimum atomic E-state index is -2.99. The number of fused-ring (bicyclic) bond motifs is 2. The Hall–Kier alpha value is -1.30. The van der Waals surface area contributed by atoms with Crippen LogP contribution in [-0.2, 0) is 21.2 Å². The van der Waals surface area contributed by atoms with Crippen molar-refractivity contribution >= 4 is 15.7 Å². The number of carbonyl (C=O) groups excluding carboxylic acids is 1. The summed E-state index contributed by atoms with van der Waals surface area (Å²) in [5, 5.41) is -0.268. The molecule has 0 N–H and O–H groups in total. The molecule has 1 aromatic rings. The first kappa shape index (κ1) is 13.7. The molecule has 110 valence electrons. The fourth-order valence-electron chi connectivity index (χ4n) is 3.60. The van der Waals surface area contributed by atoms with E-state index >= 15 is 0 Å². The summed E-state index contributed by atoms with van der Waals surface area (Å²) in [5.74, 6) is 0.112. The SMILES string of the molecule is CS(=O)(=O)C1C[C@H]2CC[C@@H](C1)N2C(=O)Cn1cccc1. The minimum Gasteiger partial charge on any atom is -0.345 e. The highest BCUT2D eigenvalue weighted by Crippen LogP contribution is 2.38. The zero-order valence-corrected chi connectivity index (χ0v) is 12.4. The first-order valence-electron chi connectivity index (χ1n) is 7.06. The highest BCUT2D eigenvalue weighted by Gasteiger charge is 2.45. The monoisotopic (exact) mass is 296 g/mol. The summed E-state index contributed by atoms with van der Waals surface area (Å²) < 4.78 is 25.3. The number of amides is 1. The van der Waals surface area contributed by atoms with Crippen molar-refractivity contribution < 1.29 is 13.2 Å². The highest BCUT2D eigenvalue weighted by molar-refractivity contribution is 7.91. The molecule has 3 atom stereocenters. The number of hydrogen-bond donors (Lipinski definition) is 0. The molecule has 0 aromatic carbocycles. The fourth-order valence-corrected chi connectivity index (χ4v) is 4.74. The molecule has 20 heavy (non-hydrogen) atoms. The van der Waals surface area contributed by atoms with E-state index in [2.05, 4.69) is 0 Å². The third-order valence-electron chi connectivity index (χ3n) is 4.57. The maximum Gasteiger partial charge on any atom is 0.242 e. The van der Waals surface area contributed by atoms with Gasteiger partial charge in [-0.1, -0.05) is 0 Å². The summed E-state index contributed by atoms with van der Waals surface area (Å²) in [5.41, 5.74) is 0.